The molecule has 0 aliphatic rings. The molecule has 0 saturated heterocycles. The van der Waals surface area contributed by atoms with Gasteiger partial charge in [-0.25, -0.2) is 0 Å². The number of pyridine rings is 1. The van der Waals surface area contributed by atoms with Gasteiger partial charge >= 0.3 is 0 Å². The minimum Gasteiger partial charge on any atom is -0.483 e. The number of ether oxygens (including phenoxy) is 1. The quantitative estimate of drug-likeness (QED) is 0.647. The maximum atomic E-state index is 12.4. The van der Waals surface area contributed by atoms with E-state index in [4.69, 9.17) is 4.74 Å². The van der Waals surface area contributed by atoms with Crippen LogP contribution in [0.1, 0.15) is 21.6 Å². The Bertz CT molecular complexity index is 915. The third kappa shape index (κ3) is 4.04. The van der Waals surface area contributed by atoms with Crippen LogP contribution in [0, 0.1) is 6.92 Å². The van der Waals surface area contributed by atoms with E-state index in [1.54, 1.807) is 29.8 Å². The molecular weight excluding hydrogens is 314 g/mol. The molecule has 3 rings (SSSR count). The monoisotopic (exact) mass is 333 g/mol. The smallest absolute Gasteiger partial charge is 0.223 e. The summed E-state index contributed by atoms with van der Waals surface area (Å²) in [6, 6.07) is 20.2. The summed E-state index contributed by atoms with van der Waals surface area (Å²) in [4.78, 5) is 24.5. The topological polar surface area (TPSA) is 48.3 Å². The van der Waals surface area contributed by atoms with E-state index in [1.165, 1.54) is 6.07 Å². The minimum atomic E-state index is -0.183. The lowest BCUT2D eigenvalue weighted by Crippen LogP contribution is -2.18. The van der Waals surface area contributed by atoms with Crippen molar-refractivity contribution in [2.45, 2.75) is 20.1 Å². The van der Waals surface area contributed by atoms with Gasteiger partial charge in [-0.3, -0.25) is 9.59 Å². The summed E-state index contributed by atoms with van der Waals surface area (Å²) in [5, 5.41) is 0. The van der Waals surface area contributed by atoms with Gasteiger partial charge in [-0.2, -0.15) is 0 Å². The van der Waals surface area contributed by atoms with Crippen molar-refractivity contribution in [3.63, 3.8) is 0 Å². The number of hydrogen-bond acceptors (Lipinski definition) is 3. The number of benzene rings is 2. The number of hydrogen-bond donors (Lipinski definition) is 0. The standard InChI is InChI=1S/C21H19NO3/c1-16-21(25-15-17-8-4-2-5-9-17)19(23)12-13-22(16)14-20(24)18-10-6-3-7-11-18/h2-13H,14-15H2,1H3. The maximum absolute atomic E-state index is 12.4. The van der Waals surface area contributed by atoms with Gasteiger partial charge < -0.3 is 9.30 Å². The highest BCUT2D eigenvalue weighted by atomic mass is 16.5. The van der Waals surface area contributed by atoms with Gasteiger partial charge in [-0.1, -0.05) is 60.7 Å². The van der Waals surface area contributed by atoms with Crippen LogP contribution in [-0.4, -0.2) is 10.4 Å². The van der Waals surface area contributed by atoms with Crippen LogP contribution < -0.4 is 10.2 Å². The van der Waals surface area contributed by atoms with Gasteiger partial charge in [-0.15, -0.1) is 0 Å². The zero-order valence-electron chi connectivity index (χ0n) is 14.0. The summed E-state index contributed by atoms with van der Waals surface area (Å²) in [6.45, 7) is 2.27. The predicted molar refractivity (Wildman–Crippen MR) is 97.0 cm³/mol. The number of carbonyl (C=O) groups excluding carboxylic acids is 1. The largest absolute Gasteiger partial charge is 0.483 e. The van der Waals surface area contributed by atoms with Crippen LogP contribution in [0.3, 0.4) is 0 Å². The fourth-order valence-corrected chi connectivity index (χ4v) is 2.60. The molecule has 0 N–H and O–H groups in total. The molecule has 0 spiro atoms. The molecule has 1 heterocycles. The fraction of sp³-hybridized carbons (Fsp3) is 0.143. The molecule has 4 heteroatoms. The second kappa shape index (κ2) is 7.62. The van der Waals surface area contributed by atoms with E-state index in [-0.39, 0.29) is 23.5 Å². The van der Waals surface area contributed by atoms with Crippen molar-refractivity contribution >= 4 is 5.78 Å². The first-order chi connectivity index (χ1) is 12.1. The van der Waals surface area contributed by atoms with Crippen LogP contribution in [0.5, 0.6) is 5.75 Å². The minimum absolute atomic E-state index is 0.0126. The summed E-state index contributed by atoms with van der Waals surface area (Å²) in [6.07, 6.45) is 1.63. The normalized spacial score (nSPS) is 10.4. The lowest BCUT2D eigenvalue weighted by Gasteiger charge is -2.14. The molecule has 3 aromatic rings. The second-order valence-corrected chi connectivity index (χ2v) is 5.79. The molecule has 0 aliphatic carbocycles. The SMILES string of the molecule is Cc1c(OCc2ccccc2)c(=O)ccn1CC(=O)c1ccccc1. The van der Waals surface area contributed by atoms with Gasteiger partial charge in [0, 0.05) is 17.8 Å². The molecule has 0 atom stereocenters. The molecule has 2 aromatic carbocycles. The Morgan fingerprint density at radius 2 is 1.60 bits per heavy atom. The van der Waals surface area contributed by atoms with Gasteiger partial charge in [0.25, 0.3) is 0 Å². The average Bonchev–Trinajstić information content (AvgIpc) is 2.65. The molecule has 4 nitrogen and oxygen atoms in total. The highest BCUT2D eigenvalue weighted by molar-refractivity contribution is 5.95. The van der Waals surface area contributed by atoms with E-state index < -0.39 is 0 Å². The number of aromatic nitrogens is 1. The Morgan fingerprint density at radius 3 is 2.28 bits per heavy atom. The number of rotatable bonds is 6. The highest BCUT2D eigenvalue weighted by Gasteiger charge is 2.12. The van der Waals surface area contributed by atoms with Crippen molar-refractivity contribution in [1.29, 1.82) is 0 Å². The van der Waals surface area contributed by atoms with Gasteiger partial charge in [0.1, 0.15) is 6.61 Å². The molecule has 0 radical (unpaired) electrons. The Labute approximate surface area is 146 Å². The van der Waals surface area contributed by atoms with Gasteiger partial charge in [0.15, 0.2) is 11.5 Å². The molecular formula is C21H19NO3. The van der Waals surface area contributed by atoms with Crippen molar-refractivity contribution in [3.05, 3.63) is 100.0 Å². The molecule has 0 bridgehead atoms. The van der Waals surface area contributed by atoms with Crippen LogP contribution in [0.4, 0.5) is 0 Å². The van der Waals surface area contributed by atoms with E-state index in [2.05, 4.69) is 0 Å². The molecule has 1 aromatic heterocycles. The fourth-order valence-electron chi connectivity index (χ4n) is 2.60. The van der Waals surface area contributed by atoms with E-state index in [0.717, 1.165) is 5.56 Å². The van der Waals surface area contributed by atoms with Crippen LogP contribution in [0.15, 0.2) is 77.7 Å². The van der Waals surface area contributed by atoms with Crippen molar-refractivity contribution in [2.24, 2.45) is 0 Å². The van der Waals surface area contributed by atoms with E-state index in [1.807, 2.05) is 48.5 Å². The van der Waals surface area contributed by atoms with Gasteiger partial charge in [-0.05, 0) is 12.5 Å². The maximum Gasteiger partial charge on any atom is 0.223 e. The summed E-state index contributed by atoms with van der Waals surface area (Å²) in [7, 11) is 0. The first-order valence-corrected chi connectivity index (χ1v) is 8.10. The Balaban J connectivity index is 1.80. The third-order valence-corrected chi connectivity index (χ3v) is 4.02. The third-order valence-electron chi connectivity index (χ3n) is 4.02. The Morgan fingerprint density at radius 1 is 0.960 bits per heavy atom. The molecule has 0 amide bonds. The van der Waals surface area contributed by atoms with Gasteiger partial charge in [0.2, 0.25) is 5.43 Å². The van der Waals surface area contributed by atoms with Crippen LogP contribution in [0.2, 0.25) is 0 Å². The van der Waals surface area contributed by atoms with Gasteiger partial charge in [0.05, 0.1) is 12.2 Å². The van der Waals surface area contributed by atoms with Crippen LogP contribution in [0.25, 0.3) is 0 Å². The van der Waals surface area contributed by atoms with Crippen molar-refractivity contribution < 1.29 is 9.53 Å². The number of ketones is 1. The van der Waals surface area contributed by atoms with E-state index >= 15 is 0 Å². The Hall–Kier alpha value is -3.14. The van der Waals surface area contributed by atoms with Crippen LogP contribution in [-0.2, 0) is 13.2 Å². The van der Waals surface area contributed by atoms with E-state index in [9.17, 15) is 9.59 Å². The van der Waals surface area contributed by atoms with E-state index in [0.29, 0.717) is 17.9 Å². The molecule has 0 fully saturated rings. The number of Topliss-reactive ketones (excluding diaryl/α,β-unsaturated/α-hetero) is 1. The summed E-state index contributed by atoms with van der Waals surface area (Å²) in [5.74, 6) is 0.272. The zero-order chi connectivity index (χ0) is 17.6. The lowest BCUT2D eigenvalue weighted by atomic mass is 10.1. The van der Waals surface area contributed by atoms with Crippen LogP contribution >= 0.6 is 0 Å². The second-order valence-electron chi connectivity index (χ2n) is 5.79. The summed E-state index contributed by atoms with van der Waals surface area (Å²) >= 11 is 0. The lowest BCUT2D eigenvalue weighted by molar-refractivity contribution is 0.0970. The molecule has 0 aliphatic heterocycles. The van der Waals surface area contributed by atoms with Crippen molar-refractivity contribution in [3.8, 4) is 5.75 Å². The number of nitrogens with zero attached hydrogens (tertiary/aromatic N) is 1. The highest BCUT2D eigenvalue weighted by Crippen LogP contribution is 2.15. The first-order valence-electron chi connectivity index (χ1n) is 8.10. The number of carbonyl (C=O) groups is 1. The summed E-state index contributed by atoms with van der Waals surface area (Å²) < 4.78 is 7.48. The predicted octanol–water partition coefficient (Wildman–Crippen LogP) is 3.62. The summed E-state index contributed by atoms with van der Waals surface area (Å²) in [5.41, 5.74) is 2.09. The Kier molecular flexibility index (Phi) is 5.09. The molecule has 25 heavy (non-hydrogen) atoms. The average molecular weight is 333 g/mol. The first kappa shape index (κ1) is 16.7. The zero-order valence-corrected chi connectivity index (χ0v) is 14.0. The molecule has 126 valence electrons. The molecule has 0 saturated carbocycles. The van der Waals surface area contributed by atoms with Crippen molar-refractivity contribution in [2.75, 3.05) is 0 Å². The molecule has 0 unspecified atom stereocenters. The van der Waals surface area contributed by atoms with Crippen molar-refractivity contribution in [1.82, 2.24) is 4.57 Å².